The zero-order chi connectivity index (χ0) is 14.3. The first-order valence-electron chi connectivity index (χ1n) is 7.00. The van der Waals surface area contributed by atoms with Gasteiger partial charge in [0.05, 0.1) is 6.42 Å². The highest BCUT2D eigenvalue weighted by Gasteiger charge is 2.44. The molecular formula is C17H24O2. The van der Waals surface area contributed by atoms with Crippen LogP contribution in [0.4, 0.5) is 0 Å². The Morgan fingerprint density at radius 3 is 2.32 bits per heavy atom. The fourth-order valence-electron chi connectivity index (χ4n) is 2.92. The second-order valence-electron chi connectivity index (χ2n) is 6.93. The van der Waals surface area contributed by atoms with E-state index in [0.717, 1.165) is 6.42 Å². The van der Waals surface area contributed by atoms with E-state index in [4.69, 9.17) is 4.74 Å². The van der Waals surface area contributed by atoms with Gasteiger partial charge in [0.1, 0.15) is 5.60 Å². The standard InChI is InChI=1S/C17H24O2/c1-12-6-8-13(9-7-12)16(2,3)11-14-10-15(18)19-17(14,4)5/h6-9,14H,10-11H2,1-5H3. The van der Waals surface area contributed by atoms with Crippen molar-refractivity contribution in [1.82, 2.24) is 0 Å². The average Bonchev–Trinajstić information content (AvgIpc) is 2.51. The number of esters is 1. The molecule has 1 aromatic carbocycles. The molecular weight excluding hydrogens is 236 g/mol. The number of hydrogen-bond donors (Lipinski definition) is 0. The van der Waals surface area contributed by atoms with E-state index in [0.29, 0.717) is 6.42 Å². The molecule has 1 heterocycles. The summed E-state index contributed by atoms with van der Waals surface area (Å²) < 4.78 is 5.42. The SMILES string of the molecule is Cc1ccc(C(C)(C)CC2CC(=O)OC2(C)C)cc1. The third-order valence-corrected chi connectivity index (χ3v) is 4.36. The summed E-state index contributed by atoms with van der Waals surface area (Å²) in [4.78, 5) is 11.5. The second-order valence-corrected chi connectivity index (χ2v) is 6.93. The third-order valence-electron chi connectivity index (χ3n) is 4.36. The maximum Gasteiger partial charge on any atom is 0.306 e. The highest BCUT2D eigenvalue weighted by Crippen LogP contribution is 2.41. The summed E-state index contributed by atoms with van der Waals surface area (Å²) in [6.45, 7) is 10.6. The van der Waals surface area contributed by atoms with Gasteiger partial charge in [-0.2, -0.15) is 0 Å². The van der Waals surface area contributed by atoms with Gasteiger partial charge in [-0.1, -0.05) is 43.7 Å². The highest BCUT2D eigenvalue weighted by molar-refractivity contribution is 5.72. The molecule has 0 bridgehead atoms. The molecule has 0 N–H and O–H groups in total. The molecule has 104 valence electrons. The van der Waals surface area contributed by atoms with E-state index < -0.39 is 0 Å². The maximum absolute atomic E-state index is 11.5. The van der Waals surface area contributed by atoms with Crippen molar-refractivity contribution >= 4 is 5.97 Å². The molecule has 1 atom stereocenters. The summed E-state index contributed by atoms with van der Waals surface area (Å²) in [6.07, 6.45) is 1.51. The van der Waals surface area contributed by atoms with Gasteiger partial charge >= 0.3 is 5.97 Å². The predicted molar refractivity (Wildman–Crippen MR) is 77.1 cm³/mol. The minimum Gasteiger partial charge on any atom is -0.459 e. The van der Waals surface area contributed by atoms with Crippen molar-refractivity contribution in [1.29, 1.82) is 0 Å². The molecule has 0 amide bonds. The number of aryl methyl sites for hydroxylation is 1. The van der Waals surface area contributed by atoms with Crippen molar-refractivity contribution in [3.8, 4) is 0 Å². The lowest BCUT2D eigenvalue weighted by atomic mass is 9.72. The normalized spacial score (nSPS) is 22.4. The molecule has 1 aliphatic heterocycles. The molecule has 1 fully saturated rings. The topological polar surface area (TPSA) is 26.3 Å². The number of carbonyl (C=O) groups excluding carboxylic acids is 1. The molecule has 2 rings (SSSR count). The van der Waals surface area contributed by atoms with Gasteiger partial charge in [0.25, 0.3) is 0 Å². The van der Waals surface area contributed by atoms with Gasteiger partial charge in [-0.3, -0.25) is 4.79 Å². The summed E-state index contributed by atoms with van der Waals surface area (Å²) >= 11 is 0. The van der Waals surface area contributed by atoms with Gasteiger partial charge in [0.2, 0.25) is 0 Å². The van der Waals surface area contributed by atoms with E-state index in [-0.39, 0.29) is 22.9 Å². The van der Waals surface area contributed by atoms with Gasteiger partial charge in [0, 0.05) is 5.92 Å². The molecule has 1 saturated heterocycles. The smallest absolute Gasteiger partial charge is 0.306 e. The second kappa shape index (κ2) is 4.66. The molecule has 0 aromatic heterocycles. The van der Waals surface area contributed by atoms with Crippen molar-refractivity contribution in [2.75, 3.05) is 0 Å². The Morgan fingerprint density at radius 1 is 1.26 bits per heavy atom. The monoisotopic (exact) mass is 260 g/mol. The number of benzene rings is 1. The molecule has 1 unspecified atom stereocenters. The molecule has 1 aromatic rings. The first-order valence-corrected chi connectivity index (χ1v) is 7.00. The van der Waals surface area contributed by atoms with E-state index in [1.54, 1.807) is 0 Å². The Balaban J connectivity index is 2.17. The number of cyclic esters (lactones) is 1. The van der Waals surface area contributed by atoms with E-state index in [9.17, 15) is 4.79 Å². The maximum atomic E-state index is 11.5. The summed E-state index contributed by atoms with van der Waals surface area (Å²) in [6, 6.07) is 8.69. The van der Waals surface area contributed by atoms with Gasteiger partial charge in [-0.25, -0.2) is 0 Å². The fraction of sp³-hybridized carbons (Fsp3) is 0.588. The van der Waals surface area contributed by atoms with Crippen molar-refractivity contribution in [2.24, 2.45) is 5.92 Å². The third kappa shape index (κ3) is 2.99. The number of ether oxygens (including phenoxy) is 1. The largest absolute Gasteiger partial charge is 0.459 e. The van der Waals surface area contributed by atoms with Crippen LogP contribution in [0.1, 0.15) is 51.7 Å². The summed E-state index contributed by atoms with van der Waals surface area (Å²) in [7, 11) is 0. The van der Waals surface area contributed by atoms with Crippen molar-refractivity contribution in [3.05, 3.63) is 35.4 Å². The van der Waals surface area contributed by atoms with Crippen LogP contribution in [0.5, 0.6) is 0 Å². The van der Waals surface area contributed by atoms with E-state index in [2.05, 4.69) is 45.0 Å². The van der Waals surface area contributed by atoms with E-state index in [1.807, 2.05) is 13.8 Å². The van der Waals surface area contributed by atoms with Crippen LogP contribution in [-0.4, -0.2) is 11.6 Å². The van der Waals surface area contributed by atoms with Crippen LogP contribution in [0.2, 0.25) is 0 Å². The molecule has 0 spiro atoms. The van der Waals surface area contributed by atoms with Crippen molar-refractivity contribution < 1.29 is 9.53 Å². The molecule has 19 heavy (non-hydrogen) atoms. The van der Waals surface area contributed by atoms with Crippen LogP contribution < -0.4 is 0 Å². The molecule has 0 saturated carbocycles. The number of carbonyl (C=O) groups is 1. The van der Waals surface area contributed by atoms with Crippen molar-refractivity contribution in [2.45, 2.75) is 58.5 Å². The first kappa shape index (κ1) is 14.1. The van der Waals surface area contributed by atoms with Gasteiger partial charge in [-0.05, 0) is 38.2 Å². The van der Waals surface area contributed by atoms with E-state index >= 15 is 0 Å². The average molecular weight is 260 g/mol. The lowest BCUT2D eigenvalue weighted by Gasteiger charge is -2.33. The van der Waals surface area contributed by atoms with Crippen LogP contribution in [0.25, 0.3) is 0 Å². The molecule has 1 aliphatic rings. The zero-order valence-electron chi connectivity index (χ0n) is 12.6. The van der Waals surface area contributed by atoms with Crippen LogP contribution in [-0.2, 0) is 14.9 Å². The Morgan fingerprint density at radius 2 is 1.84 bits per heavy atom. The molecule has 2 heteroatoms. The fourth-order valence-corrected chi connectivity index (χ4v) is 2.92. The van der Waals surface area contributed by atoms with Gasteiger partial charge in [-0.15, -0.1) is 0 Å². The Hall–Kier alpha value is -1.31. The summed E-state index contributed by atoms with van der Waals surface area (Å²) in [5, 5.41) is 0. The minimum atomic E-state index is -0.334. The highest BCUT2D eigenvalue weighted by atomic mass is 16.6. The molecule has 0 radical (unpaired) electrons. The predicted octanol–water partition coefficient (Wildman–Crippen LogP) is 4.00. The van der Waals surface area contributed by atoms with Gasteiger partial charge in [0.15, 0.2) is 0 Å². The van der Waals surface area contributed by atoms with Crippen LogP contribution in [0.15, 0.2) is 24.3 Å². The van der Waals surface area contributed by atoms with Crippen LogP contribution in [0, 0.1) is 12.8 Å². The lowest BCUT2D eigenvalue weighted by molar-refractivity contribution is -0.146. The van der Waals surface area contributed by atoms with E-state index in [1.165, 1.54) is 11.1 Å². The minimum absolute atomic E-state index is 0.0591. The molecule has 2 nitrogen and oxygen atoms in total. The van der Waals surface area contributed by atoms with Gasteiger partial charge < -0.3 is 4.74 Å². The quantitative estimate of drug-likeness (QED) is 0.768. The lowest BCUT2D eigenvalue weighted by Crippen LogP contribution is -2.32. The summed E-state index contributed by atoms with van der Waals surface area (Å²) in [5.41, 5.74) is 2.33. The number of hydrogen-bond acceptors (Lipinski definition) is 2. The Kier molecular flexibility index (Phi) is 3.46. The van der Waals surface area contributed by atoms with Crippen LogP contribution in [0.3, 0.4) is 0 Å². The first-order chi connectivity index (χ1) is 8.71. The zero-order valence-corrected chi connectivity index (χ0v) is 12.6. The Bertz CT molecular complexity index is 469. The van der Waals surface area contributed by atoms with Crippen molar-refractivity contribution in [3.63, 3.8) is 0 Å². The Labute approximate surface area is 116 Å². The number of rotatable bonds is 3. The molecule has 0 aliphatic carbocycles. The summed E-state index contributed by atoms with van der Waals surface area (Å²) in [5.74, 6) is 0.228. The van der Waals surface area contributed by atoms with Crippen LogP contribution >= 0.6 is 0 Å².